The largest absolute Gasteiger partial charge is 0.388 e. The van der Waals surface area contributed by atoms with Gasteiger partial charge in [-0.05, 0) is 6.07 Å². The summed E-state index contributed by atoms with van der Waals surface area (Å²) in [5.74, 6) is 0. The zero-order valence-electron chi connectivity index (χ0n) is 7.41. The quantitative estimate of drug-likeness (QED) is 0.695. The van der Waals surface area contributed by atoms with Gasteiger partial charge < -0.3 is 9.88 Å². The van der Waals surface area contributed by atoms with Crippen molar-refractivity contribution < 1.29 is 0 Å². The molecule has 1 aromatic rings. The highest BCUT2D eigenvalue weighted by molar-refractivity contribution is 5.39. The van der Waals surface area contributed by atoms with Gasteiger partial charge >= 0.3 is 0 Å². The fourth-order valence-corrected chi connectivity index (χ4v) is 0.935. The summed E-state index contributed by atoms with van der Waals surface area (Å²) >= 11 is 0. The van der Waals surface area contributed by atoms with Crippen molar-refractivity contribution >= 4 is 5.69 Å². The number of hydrogen-bond acceptors (Lipinski definition) is 2. The number of aryl methyl sites for hydroxylation is 1. The van der Waals surface area contributed by atoms with E-state index in [0.717, 1.165) is 11.2 Å². The van der Waals surface area contributed by atoms with E-state index in [9.17, 15) is 0 Å². The minimum Gasteiger partial charge on any atom is -0.388 e. The normalized spacial score (nSPS) is 11.3. The Kier molecular flexibility index (Phi) is 2.69. The van der Waals surface area contributed by atoms with Crippen LogP contribution in [0.25, 0.3) is 0 Å². The van der Waals surface area contributed by atoms with Gasteiger partial charge in [0.15, 0.2) is 0 Å². The van der Waals surface area contributed by atoms with E-state index in [1.54, 1.807) is 0 Å². The number of aromatic nitrogens is 1. The first-order valence-corrected chi connectivity index (χ1v) is 3.77. The zero-order valence-corrected chi connectivity index (χ0v) is 7.41. The molecule has 0 spiro atoms. The van der Waals surface area contributed by atoms with Crippen molar-refractivity contribution in [3.05, 3.63) is 36.6 Å². The second-order valence-electron chi connectivity index (χ2n) is 2.45. The lowest BCUT2D eigenvalue weighted by Gasteiger charge is -2.02. The molecular weight excluding hydrogens is 150 g/mol. The SMILES string of the molecule is C=CN=c1cc(NC)ccn1C. The average Bonchev–Trinajstić information content (AvgIpc) is 2.09. The smallest absolute Gasteiger partial charge is 0.134 e. The van der Waals surface area contributed by atoms with Gasteiger partial charge in [0, 0.05) is 38.2 Å². The molecule has 1 aromatic heterocycles. The van der Waals surface area contributed by atoms with Gasteiger partial charge in [0.25, 0.3) is 0 Å². The van der Waals surface area contributed by atoms with E-state index in [4.69, 9.17) is 0 Å². The third-order valence-electron chi connectivity index (χ3n) is 1.64. The molecule has 0 fully saturated rings. The molecule has 0 saturated heterocycles. The van der Waals surface area contributed by atoms with Crippen molar-refractivity contribution in [1.29, 1.82) is 0 Å². The summed E-state index contributed by atoms with van der Waals surface area (Å²) in [5.41, 5.74) is 1.94. The fourth-order valence-electron chi connectivity index (χ4n) is 0.935. The van der Waals surface area contributed by atoms with Crippen LogP contribution in [0.5, 0.6) is 0 Å². The molecule has 0 aliphatic carbocycles. The summed E-state index contributed by atoms with van der Waals surface area (Å²) in [6.45, 7) is 3.55. The van der Waals surface area contributed by atoms with E-state index in [1.165, 1.54) is 6.20 Å². The van der Waals surface area contributed by atoms with E-state index < -0.39 is 0 Å². The molecule has 1 rings (SSSR count). The van der Waals surface area contributed by atoms with Crippen LogP contribution in [0.4, 0.5) is 5.69 Å². The third kappa shape index (κ3) is 1.75. The highest BCUT2D eigenvalue weighted by Gasteiger charge is 1.88. The monoisotopic (exact) mass is 163 g/mol. The highest BCUT2D eigenvalue weighted by atomic mass is 15.0. The first-order valence-electron chi connectivity index (χ1n) is 3.77. The van der Waals surface area contributed by atoms with Crippen LogP contribution in [0, 0.1) is 0 Å². The minimum absolute atomic E-state index is 0.886. The molecule has 0 saturated carbocycles. The van der Waals surface area contributed by atoms with Gasteiger partial charge in [0.05, 0.1) is 0 Å². The molecule has 0 aromatic carbocycles. The predicted octanol–water partition coefficient (Wildman–Crippen LogP) is 1.11. The summed E-state index contributed by atoms with van der Waals surface area (Å²) in [6, 6.07) is 3.95. The van der Waals surface area contributed by atoms with E-state index in [1.807, 2.05) is 37.0 Å². The molecule has 1 heterocycles. The maximum atomic E-state index is 4.10. The Bertz CT molecular complexity index is 336. The van der Waals surface area contributed by atoms with Gasteiger partial charge in [-0.15, -0.1) is 0 Å². The summed E-state index contributed by atoms with van der Waals surface area (Å²) in [5, 5.41) is 3.05. The molecule has 0 aliphatic heterocycles. The first kappa shape index (κ1) is 8.59. The lowest BCUT2D eigenvalue weighted by atomic mass is 10.4. The second kappa shape index (κ2) is 3.76. The molecule has 3 nitrogen and oxygen atoms in total. The molecule has 0 atom stereocenters. The Morgan fingerprint density at radius 1 is 1.67 bits per heavy atom. The van der Waals surface area contributed by atoms with E-state index in [0.29, 0.717) is 0 Å². The van der Waals surface area contributed by atoms with E-state index in [-0.39, 0.29) is 0 Å². The number of nitrogens with one attached hydrogen (secondary N) is 1. The van der Waals surface area contributed by atoms with E-state index in [2.05, 4.69) is 16.9 Å². The van der Waals surface area contributed by atoms with Crippen LogP contribution in [-0.2, 0) is 7.05 Å². The number of hydrogen-bond donors (Lipinski definition) is 1. The van der Waals surface area contributed by atoms with Gasteiger partial charge in [-0.25, -0.2) is 4.99 Å². The van der Waals surface area contributed by atoms with E-state index >= 15 is 0 Å². The summed E-state index contributed by atoms with van der Waals surface area (Å²) in [4.78, 5) is 4.10. The van der Waals surface area contributed by atoms with Crippen LogP contribution in [0.15, 0.2) is 36.1 Å². The molecule has 0 bridgehead atoms. The summed E-state index contributed by atoms with van der Waals surface area (Å²) in [7, 11) is 3.83. The third-order valence-corrected chi connectivity index (χ3v) is 1.64. The lowest BCUT2D eigenvalue weighted by molar-refractivity contribution is 0.835. The molecule has 64 valence electrons. The number of rotatable bonds is 2. The lowest BCUT2D eigenvalue weighted by Crippen LogP contribution is -2.16. The first-order chi connectivity index (χ1) is 5.77. The molecule has 12 heavy (non-hydrogen) atoms. The van der Waals surface area contributed by atoms with Crippen molar-refractivity contribution in [2.75, 3.05) is 12.4 Å². The van der Waals surface area contributed by atoms with Crippen molar-refractivity contribution in [2.45, 2.75) is 0 Å². The Morgan fingerprint density at radius 3 is 3.00 bits per heavy atom. The second-order valence-corrected chi connectivity index (χ2v) is 2.45. The standard InChI is InChI=1S/C9H13N3/c1-4-11-9-7-8(10-2)5-6-12(9)3/h4-7,10H,1H2,2-3H3. The van der Waals surface area contributed by atoms with Gasteiger partial charge in [-0.3, -0.25) is 0 Å². The van der Waals surface area contributed by atoms with Crippen LogP contribution >= 0.6 is 0 Å². The van der Waals surface area contributed by atoms with Crippen LogP contribution in [0.1, 0.15) is 0 Å². The van der Waals surface area contributed by atoms with Gasteiger partial charge in [-0.2, -0.15) is 0 Å². The highest BCUT2D eigenvalue weighted by Crippen LogP contribution is 1.98. The Balaban J connectivity index is 3.26. The zero-order chi connectivity index (χ0) is 8.97. The van der Waals surface area contributed by atoms with Crippen LogP contribution < -0.4 is 10.8 Å². The topological polar surface area (TPSA) is 29.3 Å². The maximum absolute atomic E-state index is 4.10. The van der Waals surface area contributed by atoms with Crippen molar-refractivity contribution in [3.8, 4) is 0 Å². The van der Waals surface area contributed by atoms with Crippen molar-refractivity contribution in [1.82, 2.24) is 4.57 Å². The average molecular weight is 163 g/mol. The van der Waals surface area contributed by atoms with Crippen LogP contribution in [0.3, 0.4) is 0 Å². The molecule has 0 radical (unpaired) electrons. The van der Waals surface area contributed by atoms with Crippen LogP contribution in [0.2, 0.25) is 0 Å². The summed E-state index contributed by atoms with van der Waals surface area (Å²) in [6.07, 6.45) is 3.49. The molecule has 0 aliphatic rings. The molecule has 3 heteroatoms. The van der Waals surface area contributed by atoms with Gasteiger partial charge in [0.2, 0.25) is 0 Å². The summed E-state index contributed by atoms with van der Waals surface area (Å²) < 4.78 is 1.93. The Hall–Kier alpha value is -1.51. The minimum atomic E-state index is 0.886. The van der Waals surface area contributed by atoms with Gasteiger partial charge in [-0.1, -0.05) is 6.58 Å². The van der Waals surface area contributed by atoms with Crippen molar-refractivity contribution in [3.63, 3.8) is 0 Å². The maximum Gasteiger partial charge on any atom is 0.134 e. The fraction of sp³-hybridized carbons (Fsp3) is 0.222. The predicted molar refractivity (Wildman–Crippen MR) is 50.7 cm³/mol. The number of anilines is 1. The Morgan fingerprint density at radius 2 is 2.42 bits per heavy atom. The Labute approximate surface area is 72.1 Å². The van der Waals surface area contributed by atoms with Gasteiger partial charge in [0.1, 0.15) is 5.49 Å². The molecule has 0 unspecified atom stereocenters. The molecule has 1 N–H and O–H groups in total. The van der Waals surface area contributed by atoms with Crippen molar-refractivity contribution in [2.24, 2.45) is 12.0 Å². The number of pyridine rings is 1. The molecular formula is C9H13N3. The number of nitrogens with zero attached hydrogens (tertiary/aromatic N) is 2. The molecule has 0 amide bonds. The van der Waals surface area contributed by atoms with Crippen LogP contribution in [-0.4, -0.2) is 11.6 Å².